The molecule has 0 aliphatic carbocycles. The van der Waals surface area contributed by atoms with Crippen LogP contribution in [0.2, 0.25) is 0 Å². The molecule has 0 saturated carbocycles. The summed E-state index contributed by atoms with van der Waals surface area (Å²) >= 11 is 0. The van der Waals surface area contributed by atoms with Gasteiger partial charge in [-0.1, -0.05) is 6.07 Å². The zero-order chi connectivity index (χ0) is 12.5. The quantitative estimate of drug-likeness (QED) is 0.842. The van der Waals surface area contributed by atoms with E-state index in [9.17, 15) is 10.4 Å². The van der Waals surface area contributed by atoms with Gasteiger partial charge in [0.1, 0.15) is 6.07 Å². The minimum Gasteiger partial charge on any atom is -0.389 e. The van der Waals surface area contributed by atoms with E-state index < -0.39 is 11.6 Å². The van der Waals surface area contributed by atoms with Gasteiger partial charge in [-0.2, -0.15) is 15.5 Å². The van der Waals surface area contributed by atoms with Gasteiger partial charge in [0.25, 0.3) is 0 Å². The first kappa shape index (κ1) is 11.4. The third kappa shape index (κ3) is 1.83. The summed E-state index contributed by atoms with van der Waals surface area (Å²) in [7, 11) is 0. The van der Waals surface area contributed by atoms with E-state index in [0.717, 1.165) is 0 Å². The van der Waals surface area contributed by atoms with Crippen molar-refractivity contribution in [3.05, 3.63) is 41.4 Å². The number of nitriles is 1. The van der Waals surface area contributed by atoms with Crippen molar-refractivity contribution in [1.82, 2.24) is 4.98 Å². The molecule has 1 aliphatic rings. The lowest BCUT2D eigenvalue weighted by Gasteiger charge is -2.18. The van der Waals surface area contributed by atoms with Crippen molar-refractivity contribution in [3.8, 4) is 6.07 Å². The third-order valence-electron chi connectivity index (χ3n) is 2.60. The molecule has 1 N–H and O–H groups in total. The van der Waals surface area contributed by atoms with Crippen LogP contribution < -0.4 is 0 Å². The molecule has 0 saturated heterocycles. The van der Waals surface area contributed by atoms with Crippen molar-refractivity contribution < 1.29 is 5.11 Å². The molecule has 1 aliphatic heterocycles. The molecule has 5 nitrogen and oxygen atoms in total. The molecular formula is C12H12N4O. The highest BCUT2D eigenvalue weighted by molar-refractivity contribution is 5.41. The van der Waals surface area contributed by atoms with Crippen LogP contribution in [0, 0.1) is 11.3 Å². The number of hydrogen-bond donors (Lipinski definition) is 1. The van der Waals surface area contributed by atoms with Crippen LogP contribution in [0.3, 0.4) is 0 Å². The molecule has 0 amide bonds. The fourth-order valence-corrected chi connectivity index (χ4v) is 1.81. The van der Waals surface area contributed by atoms with Crippen LogP contribution in [0.25, 0.3) is 0 Å². The van der Waals surface area contributed by atoms with E-state index in [-0.39, 0.29) is 0 Å². The molecule has 0 spiro atoms. The third-order valence-corrected chi connectivity index (χ3v) is 2.60. The molecule has 0 radical (unpaired) electrons. The summed E-state index contributed by atoms with van der Waals surface area (Å²) in [5, 5.41) is 26.9. The van der Waals surface area contributed by atoms with E-state index in [0.29, 0.717) is 17.0 Å². The zero-order valence-electron chi connectivity index (χ0n) is 9.62. The summed E-state index contributed by atoms with van der Waals surface area (Å²) in [6, 6.07) is 5.57. The highest BCUT2D eigenvalue weighted by atomic mass is 16.3. The van der Waals surface area contributed by atoms with Crippen LogP contribution in [-0.4, -0.2) is 10.1 Å². The van der Waals surface area contributed by atoms with Gasteiger partial charge >= 0.3 is 0 Å². The number of aliphatic hydroxyl groups excluding tert-OH is 1. The summed E-state index contributed by atoms with van der Waals surface area (Å²) in [4.78, 5) is 4.18. The van der Waals surface area contributed by atoms with Gasteiger partial charge in [-0.15, -0.1) is 0 Å². The van der Waals surface area contributed by atoms with Crippen LogP contribution in [0.4, 0.5) is 0 Å². The van der Waals surface area contributed by atoms with Crippen molar-refractivity contribution in [1.29, 1.82) is 5.26 Å². The second-order valence-corrected chi connectivity index (χ2v) is 3.98. The molecule has 0 fully saturated rings. The SMILES string of the molecule is CC1=CC(C#N)(c2ncccc2C(C)O)N=N1. The van der Waals surface area contributed by atoms with Crippen molar-refractivity contribution in [3.63, 3.8) is 0 Å². The number of aromatic nitrogens is 1. The van der Waals surface area contributed by atoms with E-state index in [1.165, 1.54) is 0 Å². The van der Waals surface area contributed by atoms with Gasteiger partial charge in [-0.05, 0) is 26.0 Å². The predicted molar refractivity (Wildman–Crippen MR) is 60.8 cm³/mol. The first-order chi connectivity index (χ1) is 8.09. The minimum atomic E-state index is -1.20. The lowest BCUT2D eigenvalue weighted by molar-refractivity contribution is 0.196. The standard InChI is InChI=1S/C12H12N4O/c1-8-6-12(7-13,16-15-8)11-10(9(2)17)4-3-5-14-11/h3-6,9,17H,1-2H3. The van der Waals surface area contributed by atoms with Gasteiger partial charge in [0, 0.05) is 11.8 Å². The summed E-state index contributed by atoms with van der Waals surface area (Å²) in [5.74, 6) is 0. The predicted octanol–water partition coefficient (Wildman–Crippen LogP) is 2.22. The Morgan fingerprint density at radius 1 is 1.53 bits per heavy atom. The molecule has 1 aromatic heterocycles. The summed E-state index contributed by atoms with van der Waals surface area (Å²) in [5.41, 5.74) is 0.517. The zero-order valence-corrected chi connectivity index (χ0v) is 9.62. The monoisotopic (exact) mass is 228 g/mol. The van der Waals surface area contributed by atoms with Crippen molar-refractivity contribution in [2.75, 3.05) is 0 Å². The smallest absolute Gasteiger partial charge is 0.229 e. The topological polar surface area (TPSA) is 81.6 Å². The fourth-order valence-electron chi connectivity index (χ4n) is 1.81. The fraction of sp³-hybridized carbons (Fsp3) is 0.333. The Bertz CT molecular complexity index is 542. The number of azo groups is 1. The Hall–Kier alpha value is -2.06. The molecule has 2 rings (SSSR count). The molecular weight excluding hydrogens is 216 g/mol. The van der Waals surface area contributed by atoms with Gasteiger partial charge in [0.05, 0.1) is 17.5 Å². The van der Waals surface area contributed by atoms with Gasteiger partial charge in [0.2, 0.25) is 5.54 Å². The average Bonchev–Trinajstić information content (AvgIpc) is 2.72. The maximum absolute atomic E-state index is 9.70. The summed E-state index contributed by atoms with van der Waals surface area (Å²) < 4.78 is 0. The van der Waals surface area contributed by atoms with Crippen molar-refractivity contribution in [2.45, 2.75) is 25.5 Å². The first-order valence-corrected chi connectivity index (χ1v) is 5.26. The Labute approximate surface area is 99.1 Å². The van der Waals surface area contributed by atoms with E-state index in [2.05, 4.69) is 21.3 Å². The minimum absolute atomic E-state index is 0.443. The highest BCUT2D eigenvalue weighted by Crippen LogP contribution is 2.36. The molecule has 0 aromatic carbocycles. The van der Waals surface area contributed by atoms with Gasteiger partial charge in [0.15, 0.2) is 0 Å². The largest absolute Gasteiger partial charge is 0.389 e. The second-order valence-electron chi connectivity index (χ2n) is 3.98. The normalized spacial score (nSPS) is 24.2. The van der Waals surface area contributed by atoms with Crippen LogP contribution in [-0.2, 0) is 5.54 Å². The van der Waals surface area contributed by atoms with E-state index in [4.69, 9.17) is 0 Å². The van der Waals surface area contributed by atoms with E-state index in [1.807, 2.05) is 0 Å². The average molecular weight is 228 g/mol. The van der Waals surface area contributed by atoms with Crippen molar-refractivity contribution in [2.24, 2.45) is 10.2 Å². The molecule has 2 atom stereocenters. The maximum atomic E-state index is 9.70. The highest BCUT2D eigenvalue weighted by Gasteiger charge is 2.37. The van der Waals surface area contributed by atoms with Gasteiger partial charge < -0.3 is 5.11 Å². The Kier molecular flexibility index (Phi) is 2.74. The first-order valence-electron chi connectivity index (χ1n) is 5.26. The molecule has 2 unspecified atom stereocenters. The number of hydrogen-bond acceptors (Lipinski definition) is 5. The summed E-state index contributed by atoms with van der Waals surface area (Å²) in [6.45, 7) is 3.40. The van der Waals surface area contributed by atoms with Gasteiger partial charge in [-0.25, -0.2) is 0 Å². The number of aliphatic hydroxyl groups is 1. The van der Waals surface area contributed by atoms with Gasteiger partial charge in [-0.3, -0.25) is 4.98 Å². The Morgan fingerprint density at radius 2 is 2.29 bits per heavy atom. The van der Waals surface area contributed by atoms with E-state index in [1.54, 1.807) is 38.3 Å². The van der Waals surface area contributed by atoms with Crippen LogP contribution in [0.5, 0.6) is 0 Å². The van der Waals surface area contributed by atoms with Crippen LogP contribution in [0.1, 0.15) is 31.2 Å². The molecule has 5 heteroatoms. The second kappa shape index (κ2) is 4.07. The molecule has 2 heterocycles. The lowest BCUT2D eigenvalue weighted by atomic mass is 9.91. The number of allylic oxidation sites excluding steroid dienone is 1. The molecule has 1 aromatic rings. The number of pyridine rings is 1. The van der Waals surface area contributed by atoms with Crippen LogP contribution in [0.15, 0.2) is 40.3 Å². The van der Waals surface area contributed by atoms with E-state index >= 15 is 0 Å². The van der Waals surface area contributed by atoms with Crippen LogP contribution >= 0.6 is 0 Å². The molecule has 17 heavy (non-hydrogen) atoms. The number of nitrogens with zero attached hydrogens (tertiary/aromatic N) is 4. The Balaban J connectivity index is 2.62. The maximum Gasteiger partial charge on any atom is 0.229 e. The molecule has 86 valence electrons. The lowest BCUT2D eigenvalue weighted by Crippen LogP contribution is -2.21. The summed E-state index contributed by atoms with van der Waals surface area (Å²) in [6.07, 6.45) is 2.53. The number of rotatable bonds is 2. The Morgan fingerprint density at radius 3 is 2.82 bits per heavy atom. The molecule has 0 bridgehead atoms. The van der Waals surface area contributed by atoms with Crippen molar-refractivity contribution >= 4 is 0 Å².